The number of benzene rings is 2. The number of carbonyl (C=O) groups excluding carboxylic acids is 1. The van der Waals surface area contributed by atoms with E-state index >= 15 is 0 Å². The van der Waals surface area contributed by atoms with E-state index in [1.54, 1.807) is 12.1 Å². The molecule has 0 aliphatic heterocycles. The molecule has 0 fully saturated rings. The van der Waals surface area contributed by atoms with Gasteiger partial charge in [-0.2, -0.15) is 5.10 Å². The van der Waals surface area contributed by atoms with Gasteiger partial charge in [-0.25, -0.2) is 18.2 Å². The number of H-pyrrole nitrogens is 1. The molecule has 1 heterocycles. The van der Waals surface area contributed by atoms with Crippen molar-refractivity contribution in [3.8, 4) is 0 Å². The normalized spacial score (nSPS) is 10.7. The van der Waals surface area contributed by atoms with Crippen LogP contribution in [0.5, 0.6) is 0 Å². The minimum atomic E-state index is -1.04. The SMILES string of the molecule is O=C(Cc1n[nH]c(Cc2ccc(F)cc2)n1)Nc1ccc(F)c(F)c1. The van der Waals surface area contributed by atoms with Gasteiger partial charge < -0.3 is 5.32 Å². The van der Waals surface area contributed by atoms with Crippen LogP contribution < -0.4 is 5.32 Å². The van der Waals surface area contributed by atoms with Crippen molar-refractivity contribution in [3.63, 3.8) is 0 Å². The molecule has 1 amide bonds. The Morgan fingerprint density at radius 3 is 2.52 bits per heavy atom. The van der Waals surface area contributed by atoms with Gasteiger partial charge in [0.05, 0.1) is 6.42 Å². The smallest absolute Gasteiger partial charge is 0.232 e. The molecule has 2 aromatic carbocycles. The molecule has 3 aromatic rings. The van der Waals surface area contributed by atoms with Crippen LogP contribution in [0.2, 0.25) is 0 Å². The van der Waals surface area contributed by atoms with E-state index in [1.807, 2.05) is 0 Å². The topological polar surface area (TPSA) is 70.7 Å². The maximum atomic E-state index is 13.1. The fourth-order valence-corrected chi connectivity index (χ4v) is 2.21. The van der Waals surface area contributed by atoms with Gasteiger partial charge in [0.25, 0.3) is 0 Å². The maximum Gasteiger partial charge on any atom is 0.232 e. The molecule has 0 aliphatic rings. The van der Waals surface area contributed by atoms with Gasteiger partial charge in [0.1, 0.15) is 11.6 Å². The molecule has 8 heteroatoms. The molecule has 0 saturated heterocycles. The van der Waals surface area contributed by atoms with E-state index in [-0.39, 0.29) is 23.7 Å². The van der Waals surface area contributed by atoms with E-state index in [2.05, 4.69) is 20.5 Å². The molecule has 0 aliphatic carbocycles. The van der Waals surface area contributed by atoms with Gasteiger partial charge in [-0.3, -0.25) is 9.89 Å². The van der Waals surface area contributed by atoms with E-state index in [1.165, 1.54) is 18.2 Å². The monoisotopic (exact) mass is 346 g/mol. The summed E-state index contributed by atoms with van der Waals surface area (Å²) in [5.41, 5.74) is 0.987. The second-order valence-corrected chi connectivity index (χ2v) is 5.36. The molecule has 2 N–H and O–H groups in total. The van der Waals surface area contributed by atoms with Crippen molar-refractivity contribution in [2.24, 2.45) is 0 Å². The molecule has 0 atom stereocenters. The third kappa shape index (κ3) is 4.43. The van der Waals surface area contributed by atoms with Gasteiger partial charge in [-0.15, -0.1) is 0 Å². The molecule has 0 saturated carbocycles. The average Bonchev–Trinajstić information content (AvgIpc) is 3.00. The van der Waals surface area contributed by atoms with Gasteiger partial charge in [0.15, 0.2) is 17.5 Å². The molecule has 0 unspecified atom stereocenters. The standard InChI is InChI=1S/C17H13F3N4O/c18-11-3-1-10(2-4-11)7-15-22-16(24-23-15)9-17(25)21-12-5-6-13(19)14(20)8-12/h1-6,8H,7,9H2,(H,21,25)(H,22,23,24). The molecule has 0 radical (unpaired) electrons. The number of anilines is 1. The lowest BCUT2D eigenvalue weighted by atomic mass is 10.1. The lowest BCUT2D eigenvalue weighted by molar-refractivity contribution is -0.115. The van der Waals surface area contributed by atoms with Crippen molar-refractivity contribution < 1.29 is 18.0 Å². The van der Waals surface area contributed by atoms with Crippen molar-refractivity contribution >= 4 is 11.6 Å². The fourth-order valence-electron chi connectivity index (χ4n) is 2.21. The quantitative estimate of drug-likeness (QED) is 0.746. The largest absolute Gasteiger partial charge is 0.326 e. The second-order valence-electron chi connectivity index (χ2n) is 5.36. The van der Waals surface area contributed by atoms with Crippen molar-refractivity contribution in [2.45, 2.75) is 12.8 Å². The number of carbonyl (C=O) groups is 1. The average molecular weight is 346 g/mol. The number of amides is 1. The number of halogens is 3. The van der Waals surface area contributed by atoms with Gasteiger partial charge in [0.2, 0.25) is 5.91 Å². The highest BCUT2D eigenvalue weighted by atomic mass is 19.2. The van der Waals surface area contributed by atoms with Crippen LogP contribution in [0.15, 0.2) is 42.5 Å². The number of hydrogen-bond acceptors (Lipinski definition) is 3. The van der Waals surface area contributed by atoms with Crippen molar-refractivity contribution in [2.75, 3.05) is 5.32 Å². The predicted octanol–water partition coefficient (Wildman–Crippen LogP) is 2.99. The molecular weight excluding hydrogens is 333 g/mol. The summed E-state index contributed by atoms with van der Waals surface area (Å²) in [6.07, 6.45) is 0.289. The Bertz CT molecular complexity index is 893. The first-order valence-corrected chi connectivity index (χ1v) is 7.39. The highest BCUT2D eigenvalue weighted by Gasteiger charge is 2.11. The molecule has 1 aromatic heterocycles. The van der Waals surface area contributed by atoms with Gasteiger partial charge >= 0.3 is 0 Å². The third-order valence-corrected chi connectivity index (χ3v) is 3.38. The summed E-state index contributed by atoms with van der Waals surface area (Å²) in [4.78, 5) is 16.1. The first-order valence-electron chi connectivity index (χ1n) is 7.39. The minimum absolute atomic E-state index is 0.126. The third-order valence-electron chi connectivity index (χ3n) is 3.38. The zero-order chi connectivity index (χ0) is 17.8. The first-order chi connectivity index (χ1) is 12.0. The molecule has 25 heavy (non-hydrogen) atoms. The molecule has 5 nitrogen and oxygen atoms in total. The Morgan fingerprint density at radius 1 is 1.04 bits per heavy atom. The highest BCUT2D eigenvalue weighted by molar-refractivity contribution is 5.91. The number of aromatic amines is 1. The van der Waals surface area contributed by atoms with Crippen LogP contribution >= 0.6 is 0 Å². The fraction of sp³-hybridized carbons (Fsp3) is 0.118. The van der Waals surface area contributed by atoms with E-state index < -0.39 is 17.5 Å². The summed E-state index contributed by atoms with van der Waals surface area (Å²) in [6.45, 7) is 0. The zero-order valence-corrected chi connectivity index (χ0v) is 12.9. The highest BCUT2D eigenvalue weighted by Crippen LogP contribution is 2.13. The van der Waals surface area contributed by atoms with Crippen LogP contribution in [0.4, 0.5) is 18.9 Å². The zero-order valence-electron chi connectivity index (χ0n) is 12.9. The Kier molecular flexibility index (Phi) is 4.78. The Balaban J connectivity index is 1.59. The van der Waals surface area contributed by atoms with Crippen molar-refractivity contribution in [3.05, 3.63) is 77.1 Å². The molecule has 0 spiro atoms. The van der Waals surface area contributed by atoms with Crippen LogP contribution in [0.3, 0.4) is 0 Å². The van der Waals surface area contributed by atoms with Crippen LogP contribution in [0.1, 0.15) is 17.2 Å². The van der Waals surface area contributed by atoms with Gasteiger partial charge in [-0.05, 0) is 29.8 Å². The molecular formula is C17H13F3N4O. The first kappa shape index (κ1) is 16.7. The van der Waals surface area contributed by atoms with E-state index in [0.29, 0.717) is 12.2 Å². The predicted molar refractivity (Wildman–Crippen MR) is 84.3 cm³/mol. The minimum Gasteiger partial charge on any atom is -0.326 e. The van der Waals surface area contributed by atoms with E-state index in [4.69, 9.17) is 0 Å². The molecule has 3 rings (SSSR count). The summed E-state index contributed by atoms with van der Waals surface area (Å²) in [7, 11) is 0. The lowest BCUT2D eigenvalue weighted by Crippen LogP contribution is -2.15. The Hall–Kier alpha value is -3.16. The summed E-state index contributed by atoms with van der Waals surface area (Å²) in [5.74, 6) is -2.02. The van der Waals surface area contributed by atoms with Crippen LogP contribution in [-0.4, -0.2) is 21.1 Å². The van der Waals surface area contributed by atoms with Crippen LogP contribution in [-0.2, 0) is 17.6 Å². The Morgan fingerprint density at radius 2 is 1.80 bits per heavy atom. The molecule has 128 valence electrons. The van der Waals surface area contributed by atoms with Crippen molar-refractivity contribution in [1.82, 2.24) is 15.2 Å². The summed E-state index contributed by atoms with van der Waals surface area (Å²) >= 11 is 0. The summed E-state index contributed by atoms with van der Waals surface area (Å²) in [6, 6.07) is 9.04. The Labute approximate surface area is 140 Å². The summed E-state index contributed by atoms with van der Waals surface area (Å²) < 4.78 is 38.8. The van der Waals surface area contributed by atoms with Crippen LogP contribution in [0, 0.1) is 17.5 Å². The van der Waals surface area contributed by atoms with E-state index in [9.17, 15) is 18.0 Å². The van der Waals surface area contributed by atoms with Gasteiger partial charge in [0, 0.05) is 18.2 Å². The second kappa shape index (κ2) is 7.16. The number of nitrogens with zero attached hydrogens (tertiary/aromatic N) is 2. The van der Waals surface area contributed by atoms with Crippen LogP contribution in [0.25, 0.3) is 0 Å². The van der Waals surface area contributed by atoms with E-state index in [0.717, 1.165) is 17.7 Å². The lowest BCUT2D eigenvalue weighted by Gasteiger charge is -2.03. The number of nitrogens with one attached hydrogen (secondary N) is 2. The van der Waals surface area contributed by atoms with Gasteiger partial charge in [-0.1, -0.05) is 12.1 Å². The number of hydrogen-bond donors (Lipinski definition) is 2. The maximum absolute atomic E-state index is 13.1. The summed E-state index contributed by atoms with van der Waals surface area (Å²) in [5, 5.41) is 9.09. The molecule has 0 bridgehead atoms. The number of aromatic nitrogens is 3. The van der Waals surface area contributed by atoms with Crippen molar-refractivity contribution in [1.29, 1.82) is 0 Å². The number of rotatable bonds is 5.